The van der Waals surface area contributed by atoms with Gasteiger partial charge in [-0.2, -0.15) is 0 Å². The summed E-state index contributed by atoms with van der Waals surface area (Å²) < 4.78 is 0. The summed E-state index contributed by atoms with van der Waals surface area (Å²) in [5, 5.41) is 10.6. The average Bonchev–Trinajstić information content (AvgIpc) is 3.00. The number of thiazole rings is 1. The predicted octanol–water partition coefficient (Wildman–Crippen LogP) is 2.76. The number of hydrogen-bond donors (Lipinski definition) is 1. The van der Waals surface area contributed by atoms with E-state index in [1.807, 2.05) is 11.3 Å². The molecule has 0 unspecified atom stereocenters. The van der Waals surface area contributed by atoms with E-state index in [1.54, 1.807) is 0 Å². The minimum atomic E-state index is 0.265. The molecule has 3 nitrogen and oxygen atoms in total. The first-order valence-electron chi connectivity index (χ1n) is 7.69. The Balaban J connectivity index is 1.65. The van der Waals surface area contributed by atoms with Crippen LogP contribution in [0.2, 0.25) is 0 Å². The lowest BCUT2D eigenvalue weighted by Gasteiger charge is -2.33. The Hall–Kier alpha value is -0.450. The second-order valence-corrected chi connectivity index (χ2v) is 6.99. The summed E-state index contributed by atoms with van der Waals surface area (Å²) in [5.41, 5.74) is 1.35. The minimum absolute atomic E-state index is 0.265. The molecule has 0 bridgehead atoms. The fourth-order valence-corrected chi connectivity index (χ4v) is 4.63. The quantitative estimate of drug-likeness (QED) is 0.901. The van der Waals surface area contributed by atoms with Crippen LogP contribution in [0.1, 0.15) is 54.1 Å². The normalized spacial score (nSPS) is 20.1. The fourth-order valence-electron chi connectivity index (χ4n) is 3.45. The van der Waals surface area contributed by atoms with Gasteiger partial charge in [0.15, 0.2) is 0 Å². The lowest BCUT2D eigenvalue weighted by molar-refractivity contribution is 0.117. The van der Waals surface area contributed by atoms with Crippen LogP contribution >= 0.6 is 11.3 Å². The van der Waals surface area contributed by atoms with E-state index in [9.17, 15) is 5.11 Å². The monoisotopic (exact) mass is 280 g/mol. The van der Waals surface area contributed by atoms with Gasteiger partial charge in [0.1, 0.15) is 5.01 Å². The van der Waals surface area contributed by atoms with Crippen LogP contribution in [-0.2, 0) is 19.4 Å². The van der Waals surface area contributed by atoms with Crippen molar-refractivity contribution >= 4 is 11.3 Å². The molecule has 0 spiro atoms. The summed E-state index contributed by atoms with van der Waals surface area (Å²) >= 11 is 1.91. The Morgan fingerprint density at radius 3 is 2.74 bits per heavy atom. The standard InChI is InChI=1S/C15H24N2OS/c18-10-9-17(12-5-2-1-3-6-12)11-15-16-13-7-4-8-14(13)19-15/h12,18H,1-11H2. The maximum atomic E-state index is 9.30. The Bertz CT molecular complexity index is 391. The fraction of sp³-hybridized carbons (Fsp3) is 0.800. The molecule has 1 aromatic heterocycles. The van der Waals surface area contributed by atoms with Crippen LogP contribution in [0.3, 0.4) is 0 Å². The Labute approximate surface area is 119 Å². The highest BCUT2D eigenvalue weighted by atomic mass is 32.1. The lowest BCUT2D eigenvalue weighted by atomic mass is 9.94. The van der Waals surface area contributed by atoms with Gasteiger partial charge in [0.05, 0.1) is 18.8 Å². The summed E-state index contributed by atoms with van der Waals surface area (Å²) in [5.74, 6) is 0. The third-order valence-electron chi connectivity index (χ3n) is 4.46. The van der Waals surface area contributed by atoms with E-state index in [4.69, 9.17) is 4.98 Å². The first-order valence-corrected chi connectivity index (χ1v) is 8.51. The van der Waals surface area contributed by atoms with Crippen molar-refractivity contribution < 1.29 is 5.11 Å². The van der Waals surface area contributed by atoms with E-state index in [2.05, 4.69) is 4.90 Å². The minimum Gasteiger partial charge on any atom is -0.395 e. The molecule has 0 atom stereocenters. The number of nitrogens with zero attached hydrogens (tertiary/aromatic N) is 2. The van der Waals surface area contributed by atoms with Gasteiger partial charge in [-0.3, -0.25) is 4.90 Å². The largest absolute Gasteiger partial charge is 0.395 e. The molecular formula is C15H24N2OS. The van der Waals surface area contributed by atoms with Gasteiger partial charge in [0, 0.05) is 17.5 Å². The van der Waals surface area contributed by atoms with Crippen LogP contribution in [0, 0.1) is 0 Å². The van der Waals surface area contributed by atoms with Crippen LogP contribution in [0.4, 0.5) is 0 Å². The molecule has 1 heterocycles. The van der Waals surface area contributed by atoms with Crippen LogP contribution in [-0.4, -0.2) is 34.2 Å². The molecule has 3 rings (SSSR count). The van der Waals surface area contributed by atoms with Crippen molar-refractivity contribution in [2.45, 2.75) is 64.0 Å². The topological polar surface area (TPSA) is 36.4 Å². The van der Waals surface area contributed by atoms with Crippen LogP contribution < -0.4 is 0 Å². The van der Waals surface area contributed by atoms with E-state index >= 15 is 0 Å². The second kappa shape index (κ2) is 6.33. The number of rotatable bonds is 5. The molecule has 1 N–H and O–H groups in total. The molecule has 106 valence electrons. The molecule has 1 aromatic rings. The van der Waals surface area contributed by atoms with Crippen molar-refractivity contribution in [2.75, 3.05) is 13.2 Å². The van der Waals surface area contributed by atoms with Gasteiger partial charge in [0.2, 0.25) is 0 Å². The summed E-state index contributed by atoms with van der Waals surface area (Å²) in [6.45, 7) is 2.01. The van der Waals surface area contributed by atoms with Crippen molar-refractivity contribution in [2.24, 2.45) is 0 Å². The van der Waals surface area contributed by atoms with E-state index in [0.717, 1.165) is 13.1 Å². The van der Waals surface area contributed by atoms with Gasteiger partial charge in [-0.05, 0) is 32.1 Å². The van der Waals surface area contributed by atoms with Crippen molar-refractivity contribution in [3.05, 3.63) is 15.6 Å². The molecule has 2 aliphatic rings. The number of aryl methyl sites for hydroxylation is 2. The molecular weight excluding hydrogens is 256 g/mol. The van der Waals surface area contributed by atoms with E-state index < -0.39 is 0 Å². The summed E-state index contributed by atoms with van der Waals surface area (Å²) in [7, 11) is 0. The zero-order chi connectivity index (χ0) is 13.1. The molecule has 1 saturated carbocycles. The second-order valence-electron chi connectivity index (χ2n) is 5.82. The third kappa shape index (κ3) is 3.18. The maximum absolute atomic E-state index is 9.30. The predicted molar refractivity (Wildman–Crippen MR) is 78.5 cm³/mol. The van der Waals surface area contributed by atoms with Gasteiger partial charge >= 0.3 is 0 Å². The number of aliphatic hydroxyl groups excluding tert-OH is 1. The van der Waals surface area contributed by atoms with Gasteiger partial charge in [0.25, 0.3) is 0 Å². The SMILES string of the molecule is OCCN(Cc1nc2c(s1)CCC2)C1CCCCC1. The Morgan fingerprint density at radius 2 is 2.00 bits per heavy atom. The number of aliphatic hydroxyl groups is 1. The van der Waals surface area contributed by atoms with Crippen molar-refractivity contribution in [1.82, 2.24) is 9.88 Å². The highest BCUT2D eigenvalue weighted by Gasteiger charge is 2.23. The lowest BCUT2D eigenvalue weighted by Crippen LogP contribution is -2.38. The zero-order valence-electron chi connectivity index (χ0n) is 11.6. The van der Waals surface area contributed by atoms with Gasteiger partial charge < -0.3 is 5.11 Å². The molecule has 0 saturated heterocycles. The molecule has 4 heteroatoms. The summed E-state index contributed by atoms with van der Waals surface area (Å²) in [4.78, 5) is 8.78. The van der Waals surface area contributed by atoms with Gasteiger partial charge in [-0.15, -0.1) is 11.3 Å². The molecule has 1 fully saturated rings. The Kier molecular flexibility index (Phi) is 4.51. The molecule has 0 aromatic carbocycles. The van der Waals surface area contributed by atoms with E-state index in [-0.39, 0.29) is 6.61 Å². The summed E-state index contributed by atoms with van der Waals surface area (Å²) in [6.07, 6.45) is 10.4. The Morgan fingerprint density at radius 1 is 1.16 bits per heavy atom. The highest BCUT2D eigenvalue weighted by molar-refractivity contribution is 7.11. The van der Waals surface area contributed by atoms with E-state index in [0.29, 0.717) is 6.04 Å². The first kappa shape index (κ1) is 13.5. The highest BCUT2D eigenvalue weighted by Crippen LogP contribution is 2.30. The third-order valence-corrected chi connectivity index (χ3v) is 5.60. The van der Waals surface area contributed by atoms with Crippen LogP contribution in [0.5, 0.6) is 0 Å². The van der Waals surface area contributed by atoms with Gasteiger partial charge in [-0.25, -0.2) is 4.98 Å². The zero-order valence-corrected chi connectivity index (χ0v) is 12.4. The average molecular weight is 280 g/mol. The molecule has 0 aliphatic heterocycles. The molecule has 19 heavy (non-hydrogen) atoms. The van der Waals surface area contributed by atoms with Crippen molar-refractivity contribution in [3.8, 4) is 0 Å². The van der Waals surface area contributed by atoms with E-state index in [1.165, 1.54) is 66.9 Å². The number of aromatic nitrogens is 1. The number of fused-ring (bicyclic) bond motifs is 1. The van der Waals surface area contributed by atoms with Crippen LogP contribution in [0.15, 0.2) is 0 Å². The maximum Gasteiger partial charge on any atom is 0.107 e. The smallest absolute Gasteiger partial charge is 0.107 e. The van der Waals surface area contributed by atoms with Crippen molar-refractivity contribution in [1.29, 1.82) is 0 Å². The van der Waals surface area contributed by atoms with Crippen molar-refractivity contribution in [3.63, 3.8) is 0 Å². The van der Waals surface area contributed by atoms with Gasteiger partial charge in [-0.1, -0.05) is 19.3 Å². The summed E-state index contributed by atoms with van der Waals surface area (Å²) in [6, 6.07) is 0.666. The first-order chi connectivity index (χ1) is 9.36. The van der Waals surface area contributed by atoms with Crippen LogP contribution in [0.25, 0.3) is 0 Å². The molecule has 0 amide bonds. The molecule has 2 aliphatic carbocycles. The molecule has 0 radical (unpaired) electrons. The number of hydrogen-bond acceptors (Lipinski definition) is 4.